The van der Waals surface area contributed by atoms with Gasteiger partial charge in [0.25, 0.3) is 0 Å². The molecule has 2 aromatic carbocycles. The molecule has 29 heavy (non-hydrogen) atoms. The molecule has 1 aliphatic heterocycles. The minimum absolute atomic E-state index is 0.135. The van der Waals surface area contributed by atoms with E-state index < -0.39 is 0 Å². The Labute approximate surface area is 169 Å². The van der Waals surface area contributed by atoms with E-state index in [0.29, 0.717) is 23.5 Å². The first-order valence-electron chi connectivity index (χ1n) is 9.91. The Morgan fingerprint density at radius 2 is 1.83 bits per heavy atom. The van der Waals surface area contributed by atoms with Crippen LogP contribution in [0.2, 0.25) is 0 Å². The van der Waals surface area contributed by atoms with Crippen LogP contribution in [0.1, 0.15) is 13.8 Å². The van der Waals surface area contributed by atoms with Gasteiger partial charge in [-0.25, -0.2) is 9.97 Å². The van der Waals surface area contributed by atoms with Gasteiger partial charge in [0.2, 0.25) is 0 Å². The van der Waals surface area contributed by atoms with E-state index in [9.17, 15) is 5.11 Å². The zero-order valence-electron chi connectivity index (χ0n) is 16.8. The Balaban J connectivity index is 1.52. The van der Waals surface area contributed by atoms with Crippen LogP contribution in [0.4, 0.5) is 5.69 Å². The van der Waals surface area contributed by atoms with Gasteiger partial charge in [-0.2, -0.15) is 5.10 Å². The maximum Gasteiger partial charge on any atom is 0.163 e. The van der Waals surface area contributed by atoms with Gasteiger partial charge in [0.05, 0.1) is 16.6 Å². The van der Waals surface area contributed by atoms with Crippen molar-refractivity contribution < 1.29 is 5.11 Å². The molecule has 148 valence electrons. The summed E-state index contributed by atoms with van der Waals surface area (Å²) >= 11 is 0. The van der Waals surface area contributed by atoms with Crippen LogP contribution in [-0.2, 0) is 7.05 Å². The summed E-state index contributed by atoms with van der Waals surface area (Å²) in [5.41, 5.74) is 3.41. The summed E-state index contributed by atoms with van der Waals surface area (Å²) in [6, 6.07) is 10.8. The number of rotatable bonds is 2. The van der Waals surface area contributed by atoms with Crippen LogP contribution in [0, 0.1) is 0 Å². The number of phenolic OH excluding ortho intramolecular Hbond substituents is 1. The molecule has 2 unspecified atom stereocenters. The third kappa shape index (κ3) is 3.27. The Kier molecular flexibility index (Phi) is 4.13. The number of anilines is 1. The van der Waals surface area contributed by atoms with Gasteiger partial charge in [-0.05, 0) is 38.1 Å². The van der Waals surface area contributed by atoms with Crippen LogP contribution in [0.5, 0.6) is 5.75 Å². The number of aromatic nitrogens is 4. The molecule has 2 atom stereocenters. The number of aryl methyl sites for hydroxylation is 1. The number of benzene rings is 2. The van der Waals surface area contributed by atoms with Gasteiger partial charge in [-0.15, -0.1) is 0 Å². The summed E-state index contributed by atoms with van der Waals surface area (Å²) in [7, 11) is 1.86. The largest absolute Gasteiger partial charge is 0.507 e. The topological polar surface area (TPSA) is 79.1 Å². The molecule has 0 bridgehead atoms. The van der Waals surface area contributed by atoms with Crippen molar-refractivity contribution in [2.45, 2.75) is 25.9 Å². The second-order valence-corrected chi connectivity index (χ2v) is 8.04. The number of nitrogens with one attached hydrogen (secondary N) is 1. The zero-order valence-corrected chi connectivity index (χ0v) is 16.8. The predicted octanol–water partition coefficient (Wildman–Crippen LogP) is 3.08. The average Bonchev–Trinajstić information content (AvgIpc) is 3.04. The molecule has 3 heterocycles. The highest BCUT2D eigenvalue weighted by molar-refractivity contribution is 5.88. The van der Waals surface area contributed by atoms with Gasteiger partial charge in [0, 0.05) is 67.1 Å². The average molecular weight is 388 g/mol. The first-order chi connectivity index (χ1) is 14.0. The fourth-order valence-corrected chi connectivity index (χ4v) is 4.25. The minimum atomic E-state index is 0.135. The van der Waals surface area contributed by atoms with Gasteiger partial charge >= 0.3 is 0 Å². The van der Waals surface area contributed by atoms with Crippen molar-refractivity contribution in [1.29, 1.82) is 0 Å². The van der Waals surface area contributed by atoms with Crippen LogP contribution < -0.4 is 10.2 Å². The molecule has 7 heteroatoms. The second kappa shape index (κ2) is 6.70. The first-order valence-corrected chi connectivity index (χ1v) is 9.91. The maximum absolute atomic E-state index is 10.5. The molecule has 1 saturated heterocycles. The van der Waals surface area contributed by atoms with E-state index >= 15 is 0 Å². The highest BCUT2D eigenvalue weighted by atomic mass is 16.3. The molecule has 2 N–H and O–H groups in total. The molecule has 5 rings (SSSR count). The number of aromatic hydroxyl groups is 1. The quantitative estimate of drug-likeness (QED) is 0.549. The molecule has 4 aromatic rings. The molecule has 0 amide bonds. The summed E-state index contributed by atoms with van der Waals surface area (Å²) in [6.07, 6.45) is 3.75. The Morgan fingerprint density at radius 3 is 2.62 bits per heavy atom. The van der Waals surface area contributed by atoms with Gasteiger partial charge in [0.1, 0.15) is 5.75 Å². The van der Waals surface area contributed by atoms with Crippen molar-refractivity contribution in [3.05, 3.63) is 42.7 Å². The lowest BCUT2D eigenvalue weighted by molar-refractivity contribution is 0.407. The van der Waals surface area contributed by atoms with Gasteiger partial charge < -0.3 is 15.3 Å². The molecule has 0 saturated carbocycles. The normalized spacial score (nSPS) is 19.9. The molecular formula is C22H24N6O. The summed E-state index contributed by atoms with van der Waals surface area (Å²) in [5.74, 6) is 0.647. The standard InChI is InChI=1S/C22H24N6O/c1-13-10-28(11-14(2)24-13)17-4-5-19-15(6-17)9-23-22(25-19)18-7-16-12-27(3)26-20(16)8-21(18)29/h4-9,12-14,24,29H,10-11H2,1-3H3. The van der Waals surface area contributed by atoms with Crippen LogP contribution in [0.15, 0.2) is 42.7 Å². The number of hydrogen-bond acceptors (Lipinski definition) is 6. The van der Waals surface area contributed by atoms with E-state index in [1.54, 1.807) is 10.7 Å². The molecule has 1 aliphatic rings. The van der Waals surface area contributed by atoms with Crippen LogP contribution in [0.25, 0.3) is 33.2 Å². The van der Waals surface area contributed by atoms with Gasteiger partial charge in [-0.3, -0.25) is 4.68 Å². The van der Waals surface area contributed by atoms with E-state index in [1.807, 2.05) is 31.6 Å². The van der Waals surface area contributed by atoms with Crippen LogP contribution in [-0.4, -0.2) is 50.0 Å². The van der Waals surface area contributed by atoms with E-state index in [4.69, 9.17) is 4.98 Å². The van der Waals surface area contributed by atoms with E-state index in [1.165, 1.54) is 5.69 Å². The zero-order chi connectivity index (χ0) is 20.1. The fraction of sp³-hybridized carbons (Fsp3) is 0.318. The summed E-state index contributed by atoms with van der Waals surface area (Å²) in [6.45, 7) is 6.39. The van der Waals surface area contributed by atoms with Gasteiger partial charge in [0.15, 0.2) is 5.82 Å². The number of phenols is 1. The van der Waals surface area contributed by atoms with Crippen LogP contribution >= 0.6 is 0 Å². The highest BCUT2D eigenvalue weighted by Crippen LogP contribution is 2.32. The molecule has 0 radical (unpaired) electrons. The van der Waals surface area contributed by atoms with Crippen molar-refractivity contribution in [2.24, 2.45) is 7.05 Å². The van der Waals surface area contributed by atoms with Crippen molar-refractivity contribution in [1.82, 2.24) is 25.1 Å². The molecule has 0 aliphatic carbocycles. The SMILES string of the molecule is CC1CN(c2ccc3nc(-c4cc5cn(C)nc5cc4O)ncc3c2)CC(C)N1. The summed E-state index contributed by atoms with van der Waals surface area (Å²) in [5, 5.41) is 20.3. The number of piperazine rings is 1. The summed E-state index contributed by atoms with van der Waals surface area (Å²) in [4.78, 5) is 11.6. The monoisotopic (exact) mass is 388 g/mol. The van der Waals surface area contributed by atoms with E-state index in [2.05, 4.69) is 46.3 Å². The maximum atomic E-state index is 10.5. The van der Waals surface area contributed by atoms with Gasteiger partial charge in [-0.1, -0.05) is 0 Å². The number of hydrogen-bond donors (Lipinski definition) is 2. The third-order valence-electron chi connectivity index (χ3n) is 5.46. The molecule has 1 fully saturated rings. The lowest BCUT2D eigenvalue weighted by Crippen LogP contribution is -2.54. The lowest BCUT2D eigenvalue weighted by atomic mass is 10.1. The third-order valence-corrected chi connectivity index (χ3v) is 5.46. The second-order valence-electron chi connectivity index (χ2n) is 8.04. The van der Waals surface area contributed by atoms with Crippen molar-refractivity contribution >= 4 is 27.5 Å². The van der Waals surface area contributed by atoms with Crippen molar-refractivity contribution in [2.75, 3.05) is 18.0 Å². The highest BCUT2D eigenvalue weighted by Gasteiger charge is 2.21. The predicted molar refractivity (Wildman–Crippen MR) is 115 cm³/mol. The smallest absolute Gasteiger partial charge is 0.163 e. The van der Waals surface area contributed by atoms with Crippen LogP contribution in [0.3, 0.4) is 0 Å². The fourth-order valence-electron chi connectivity index (χ4n) is 4.25. The number of fused-ring (bicyclic) bond motifs is 2. The Bertz CT molecular complexity index is 1210. The molecule has 2 aromatic heterocycles. The minimum Gasteiger partial charge on any atom is -0.507 e. The van der Waals surface area contributed by atoms with E-state index in [-0.39, 0.29) is 5.75 Å². The van der Waals surface area contributed by atoms with Crippen molar-refractivity contribution in [3.63, 3.8) is 0 Å². The van der Waals surface area contributed by atoms with Crippen molar-refractivity contribution in [3.8, 4) is 17.1 Å². The Morgan fingerprint density at radius 1 is 1.03 bits per heavy atom. The number of nitrogens with zero attached hydrogens (tertiary/aromatic N) is 5. The summed E-state index contributed by atoms with van der Waals surface area (Å²) < 4.78 is 1.73. The first kappa shape index (κ1) is 17.9. The Hall–Kier alpha value is -3.19. The molecule has 0 spiro atoms. The molecular weight excluding hydrogens is 364 g/mol. The molecule has 7 nitrogen and oxygen atoms in total. The van der Waals surface area contributed by atoms with E-state index in [0.717, 1.165) is 34.9 Å². The lowest BCUT2D eigenvalue weighted by Gasteiger charge is -2.37.